The fraction of sp³-hybridized carbons (Fsp3) is 0.286. The first kappa shape index (κ1) is 25.8. The summed E-state index contributed by atoms with van der Waals surface area (Å²) in [6, 6.07) is 24.1. The van der Waals surface area contributed by atoms with Crippen LogP contribution in [0.4, 0.5) is 0 Å². The molecule has 0 heterocycles. The SMILES string of the molecule is C[C@H](NC(=O)CCCCC(=O)O)[C@@H](Cc1ccc(Cl)c(Cl)c1)c1ccc(-c2ccccc2)cc1. The number of carbonyl (C=O) groups excluding carboxylic acids is 1. The number of hydrogen-bond donors (Lipinski definition) is 2. The van der Waals surface area contributed by atoms with E-state index in [0.29, 0.717) is 35.7 Å². The van der Waals surface area contributed by atoms with Gasteiger partial charge in [0.2, 0.25) is 5.91 Å². The second kappa shape index (κ2) is 12.6. The van der Waals surface area contributed by atoms with Gasteiger partial charge in [0.05, 0.1) is 10.0 Å². The number of carboxylic acid groups (broad SMARTS) is 1. The van der Waals surface area contributed by atoms with Gasteiger partial charge in [-0.3, -0.25) is 9.59 Å². The zero-order chi connectivity index (χ0) is 24.5. The van der Waals surface area contributed by atoms with Crippen molar-refractivity contribution in [3.63, 3.8) is 0 Å². The molecule has 3 rings (SSSR count). The first-order chi connectivity index (χ1) is 16.3. The van der Waals surface area contributed by atoms with Gasteiger partial charge in [0.15, 0.2) is 0 Å². The summed E-state index contributed by atoms with van der Waals surface area (Å²) >= 11 is 12.3. The Morgan fingerprint density at radius 2 is 1.50 bits per heavy atom. The molecule has 0 aliphatic rings. The van der Waals surface area contributed by atoms with E-state index in [1.54, 1.807) is 6.07 Å². The Labute approximate surface area is 210 Å². The minimum atomic E-state index is -0.839. The normalized spacial score (nSPS) is 12.7. The molecule has 0 aliphatic carbocycles. The quantitative estimate of drug-likeness (QED) is 0.276. The van der Waals surface area contributed by atoms with E-state index in [9.17, 15) is 9.59 Å². The highest BCUT2D eigenvalue weighted by molar-refractivity contribution is 6.42. The van der Waals surface area contributed by atoms with Crippen LogP contribution in [0.15, 0.2) is 72.8 Å². The molecule has 3 aromatic rings. The molecular formula is C28H29Cl2NO3. The number of hydrogen-bond acceptors (Lipinski definition) is 2. The van der Waals surface area contributed by atoms with Gasteiger partial charge in [-0.25, -0.2) is 0 Å². The Balaban J connectivity index is 1.76. The van der Waals surface area contributed by atoms with Gasteiger partial charge in [-0.1, -0.05) is 83.9 Å². The lowest BCUT2D eigenvalue weighted by molar-refractivity contribution is -0.137. The average molecular weight is 498 g/mol. The third-order valence-corrected chi connectivity index (χ3v) is 6.66. The predicted molar refractivity (Wildman–Crippen MR) is 138 cm³/mol. The number of rotatable bonds is 11. The van der Waals surface area contributed by atoms with Crippen molar-refractivity contribution in [1.29, 1.82) is 0 Å². The van der Waals surface area contributed by atoms with Crippen LogP contribution in [0.5, 0.6) is 0 Å². The van der Waals surface area contributed by atoms with Crippen molar-refractivity contribution >= 4 is 35.1 Å². The molecule has 34 heavy (non-hydrogen) atoms. The van der Waals surface area contributed by atoms with Gasteiger partial charge in [0, 0.05) is 24.8 Å². The fourth-order valence-electron chi connectivity index (χ4n) is 4.05. The molecule has 0 aliphatic heterocycles. The maximum Gasteiger partial charge on any atom is 0.303 e. The summed E-state index contributed by atoms with van der Waals surface area (Å²) in [4.78, 5) is 23.2. The zero-order valence-electron chi connectivity index (χ0n) is 19.1. The van der Waals surface area contributed by atoms with E-state index < -0.39 is 5.97 Å². The Hall–Kier alpha value is -2.82. The number of carboxylic acids is 1. The first-order valence-electron chi connectivity index (χ1n) is 11.4. The van der Waals surface area contributed by atoms with Crippen LogP contribution >= 0.6 is 23.2 Å². The van der Waals surface area contributed by atoms with E-state index in [0.717, 1.165) is 22.3 Å². The third kappa shape index (κ3) is 7.61. The van der Waals surface area contributed by atoms with Gasteiger partial charge >= 0.3 is 5.97 Å². The predicted octanol–water partition coefficient (Wildman–Crippen LogP) is 7.14. The third-order valence-electron chi connectivity index (χ3n) is 5.92. The smallest absolute Gasteiger partial charge is 0.303 e. The number of unbranched alkanes of at least 4 members (excludes halogenated alkanes) is 1. The van der Waals surface area contributed by atoms with Crippen LogP contribution in [0.2, 0.25) is 10.0 Å². The van der Waals surface area contributed by atoms with Crippen LogP contribution in [-0.4, -0.2) is 23.0 Å². The van der Waals surface area contributed by atoms with Gasteiger partial charge in [-0.05, 0) is 60.6 Å². The van der Waals surface area contributed by atoms with E-state index in [1.165, 1.54) is 0 Å². The van der Waals surface area contributed by atoms with Gasteiger partial charge < -0.3 is 10.4 Å². The second-order valence-corrected chi connectivity index (χ2v) is 9.32. The van der Waals surface area contributed by atoms with Crippen LogP contribution in [0.25, 0.3) is 11.1 Å². The number of aliphatic carboxylic acids is 1. The van der Waals surface area contributed by atoms with Crippen molar-refractivity contribution in [2.45, 2.75) is 51.0 Å². The number of carbonyl (C=O) groups is 2. The molecule has 0 bridgehead atoms. The lowest BCUT2D eigenvalue weighted by Crippen LogP contribution is -2.37. The van der Waals surface area contributed by atoms with E-state index in [4.69, 9.17) is 28.3 Å². The Morgan fingerprint density at radius 3 is 2.15 bits per heavy atom. The number of amides is 1. The Bertz CT molecular complexity index is 1100. The van der Waals surface area contributed by atoms with Gasteiger partial charge in [-0.15, -0.1) is 0 Å². The summed E-state index contributed by atoms with van der Waals surface area (Å²) in [5, 5.41) is 12.9. The van der Waals surface area contributed by atoms with E-state index in [-0.39, 0.29) is 24.3 Å². The molecule has 0 aromatic heterocycles. The monoisotopic (exact) mass is 497 g/mol. The summed E-state index contributed by atoms with van der Waals surface area (Å²) in [5.74, 6) is -0.891. The van der Waals surface area contributed by atoms with Crippen LogP contribution in [0, 0.1) is 0 Å². The largest absolute Gasteiger partial charge is 0.481 e. The molecule has 4 nitrogen and oxygen atoms in total. The molecular weight excluding hydrogens is 469 g/mol. The molecule has 0 saturated carbocycles. The van der Waals surface area contributed by atoms with Crippen molar-refractivity contribution in [3.05, 3.63) is 94.0 Å². The molecule has 6 heteroatoms. The maximum atomic E-state index is 12.5. The number of benzene rings is 3. The standard InChI is InChI=1S/C28H29Cl2NO3/c1-19(31-27(32)9-5-6-10-28(33)34)24(17-20-11-16-25(29)26(30)18-20)23-14-12-22(13-15-23)21-7-3-2-4-8-21/h2-4,7-8,11-16,18-19,24H,5-6,9-10,17H2,1H3,(H,31,32)(H,33,34)/t19-,24+/m0/s1. The molecule has 2 atom stereocenters. The van der Waals surface area contributed by atoms with Crippen molar-refractivity contribution in [1.82, 2.24) is 5.32 Å². The first-order valence-corrected chi connectivity index (χ1v) is 12.2. The lowest BCUT2D eigenvalue weighted by Gasteiger charge is -2.26. The molecule has 1 amide bonds. The van der Waals surface area contributed by atoms with E-state index in [1.807, 2.05) is 37.3 Å². The Morgan fingerprint density at radius 1 is 0.853 bits per heavy atom. The van der Waals surface area contributed by atoms with E-state index >= 15 is 0 Å². The van der Waals surface area contributed by atoms with Crippen LogP contribution in [0.1, 0.15) is 49.7 Å². The summed E-state index contributed by atoms with van der Waals surface area (Å²) in [5.41, 5.74) is 4.43. The fourth-order valence-corrected chi connectivity index (χ4v) is 4.37. The number of nitrogens with one attached hydrogen (secondary N) is 1. The molecule has 2 N–H and O–H groups in total. The summed E-state index contributed by atoms with van der Waals surface area (Å²) in [7, 11) is 0. The van der Waals surface area contributed by atoms with Crippen LogP contribution in [0.3, 0.4) is 0 Å². The highest BCUT2D eigenvalue weighted by atomic mass is 35.5. The second-order valence-electron chi connectivity index (χ2n) is 8.50. The molecule has 178 valence electrons. The molecule has 0 spiro atoms. The van der Waals surface area contributed by atoms with Crippen molar-refractivity contribution in [2.75, 3.05) is 0 Å². The van der Waals surface area contributed by atoms with E-state index in [2.05, 4.69) is 41.7 Å². The van der Waals surface area contributed by atoms with Gasteiger partial charge in [-0.2, -0.15) is 0 Å². The molecule has 0 unspecified atom stereocenters. The molecule has 3 aromatic carbocycles. The van der Waals surface area contributed by atoms with Crippen LogP contribution < -0.4 is 5.32 Å². The van der Waals surface area contributed by atoms with Crippen LogP contribution in [-0.2, 0) is 16.0 Å². The summed E-state index contributed by atoms with van der Waals surface area (Å²) in [6.07, 6.45) is 2.11. The van der Waals surface area contributed by atoms with Gasteiger partial charge in [0.25, 0.3) is 0 Å². The molecule has 0 saturated heterocycles. The highest BCUT2D eigenvalue weighted by Gasteiger charge is 2.22. The molecule has 0 radical (unpaired) electrons. The summed E-state index contributed by atoms with van der Waals surface area (Å²) < 4.78 is 0. The van der Waals surface area contributed by atoms with Crippen molar-refractivity contribution in [3.8, 4) is 11.1 Å². The maximum absolute atomic E-state index is 12.5. The highest BCUT2D eigenvalue weighted by Crippen LogP contribution is 2.30. The number of halogens is 2. The molecule has 0 fully saturated rings. The minimum absolute atomic E-state index is 0.0186. The van der Waals surface area contributed by atoms with Crippen molar-refractivity contribution < 1.29 is 14.7 Å². The minimum Gasteiger partial charge on any atom is -0.481 e. The Kier molecular flexibility index (Phi) is 9.55. The van der Waals surface area contributed by atoms with Crippen molar-refractivity contribution in [2.24, 2.45) is 0 Å². The average Bonchev–Trinajstić information content (AvgIpc) is 2.83. The lowest BCUT2D eigenvalue weighted by atomic mass is 9.85. The van der Waals surface area contributed by atoms with Gasteiger partial charge in [0.1, 0.15) is 0 Å². The topological polar surface area (TPSA) is 66.4 Å². The zero-order valence-corrected chi connectivity index (χ0v) is 20.6. The summed E-state index contributed by atoms with van der Waals surface area (Å²) in [6.45, 7) is 2.00.